The van der Waals surface area contributed by atoms with E-state index in [0.717, 1.165) is 26.4 Å². The van der Waals surface area contributed by atoms with Crippen molar-refractivity contribution < 1.29 is 36.7 Å². The average molecular weight is 338 g/mol. The lowest BCUT2D eigenvalue weighted by Gasteiger charge is -2.27. The predicted molar refractivity (Wildman–Crippen MR) is 70.7 cm³/mol. The maximum absolute atomic E-state index is 13.2. The van der Waals surface area contributed by atoms with Gasteiger partial charge in [-0.3, -0.25) is 4.57 Å². The molecule has 0 saturated carbocycles. The standard InChI is InChI=1S/C13H14F3O5P/c1-4-21-11(17)8-5-6-9(10(7-8)12(14,15)16)13(19-2,20-3)22-18/h5-7H,4H2,1-3H3. The van der Waals surface area contributed by atoms with Crippen molar-refractivity contribution in [3.05, 3.63) is 34.9 Å². The van der Waals surface area contributed by atoms with E-state index in [-0.39, 0.29) is 12.2 Å². The van der Waals surface area contributed by atoms with Crippen molar-refractivity contribution in [3.63, 3.8) is 0 Å². The molecule has 122 valence electrons. The lowest BCUT2D eigenvalue weighted by molar-refractivity contribution is -0.162. The van der Waals surface area contributed by atoms with Crippen LogP contribution in [0.4, 0.5) is 13.2 Å². The predicted octanol–water partition coefficient (Wildman–Crippen LogP) is 3.58. The first-order valence-corrected chi connectivity index (χ1v) is 6.90. The van der Waals surface area contributed by atoms with E-state index in [1.165, 1.54) is 6.92 Å². The van der Waals surface area contributed by atoms with Crippen molar-refractivity contribution in [3.8, 4) is 0 Å². The van der Waals surface area contributed by atoms with Crippen LogP contribution in [0.5, 0.6) is 0 Å². The molecule has 1 rings (SSSR count). The number of methoxy groups -OCH3 is 2. The van der Waals surface area contributed by atoms with Gasteiger partial charge in [-0.2, -0.15) is 13.2 Å². The Bertz CT molecular complexity index is 555. The molecule has 1 aromatic rings. The van der Waals surface area contributed by atoms with E-state index in [9.17, 15) is 22.5 Å². The van der Waals surface area contributed by atoms with Crippen molar-refractivity contribution in [2.75, 3.05) is 20.8 Å². The van der Waals surface area contributed by atoms with Crippen molar-refractivity contribution in [1.82, 2.24) is 0 Å². The second-order valence-electron chi connectivity index (χ2n) is 4.06. The first kappa shape index (κ1) is 18.5. The Hall–Kier alpha value is -1.50. The summed E-state index contributed by atoms with van der Waals surface area (Å²) >= 11 is 0. The van der Waals surface area contributed by atoms with Crippen LogP contribution in [-0.4, -0.2) is 26.8 Å². The number of hydrogen-bond donors (Lipinski definition) is 0. The molecular weight excluding hydrogens is 324 g/mol. The summed E-state index contributed by atoms with van der Waals surface area (Å²) in [5.41, 5.74) is -4.08. The Morgan fingerprint density at radius 2 is 1.77 bits per heavy atom. The van der Waals surface area contributed by atoms with Crippen LogP contribution >= 0.6 is 8.46 Å². The van der Waals surface area contributed by atoms with Crippen LogP contribution in [0.1, 0.15) is 28.4 Å². The van der Waals surface area contributed by atoms with Crippen LogP contribution < -0.4 is 0 Å². The molecule has 1 aromatic carbocycles. The highest BCUT2D eigenvalue weighted by molar-refractivity contribution is 7.24. The lowest BCUT2D eigenvalue weighted by atomic mass is 10.0. The molecule has 0 fully saturated rings. The maximum atomic E-state index is 13.2. The lowest BCUT2D eigenvalue weighted by Crippen LogP contribution is -2.28. The second kappa shape index (κ2) is 7.17. The van der Waals surface area contributed by atoms with E-state index in [1.54, 1.807) is 0 Å². The molecule has 0 saturated heterocycles. The van der Waals surface area contributed by atoms with Gasteiger partial charge in [-0.1, -0.05) is 6.07 Å². The molecule has 5 nitrogen and oxygen atoms in total. The molecule has 0 amide bonds. The summed E-state index contributed by atoms with van der Waals surface area (Å²) in [6.45, 7) is 1.56. The van der Waals surface area contributed by atoms with Crippen molar-refractivity contribution in [2.24, 2.45) is 0 Å². The van der Waals surface area contributed by atoms with Crippen LogP contribution in [0.3, 0.4) is 0 Å². The molecule has 0 radical (unpaired) electrons. The van der Waals surface area contributed by atoms with Gasteiger partial charge in [-0.25, -0.2) is 4.79 Å². The average Bonchev–Trinajstić information content (AvgIpc) is 2.49. The highest BCUT2D eigenvalue weighted by atomic mass is 31.1. The minimum absolute atomic E-state index is 0.0290. The number of alkyl halides is 3. The quantitative estimate of drug-likeness (QED) is 0.451. The minimum atomic E-state index is -4.80. The Morgan fingerprint density at radius 1 is 1.18 bits per heavy atom. The number of halogens is 3. The Labute approximate surface area is 126 Å². The van der Waals surface area contributed by atoms with Crippen LogP contribution in [0.25, 0.3) is 0 Å². The van der Waals surface area contributed by atoms with Gasteiger partial charge in [0.15, 0.2) is 0 Å². The molecule has 0 aliphatic rings. The topological polar surface area (TPSA) is 61.8 Å². The van der Waals surface area contributed by atoms with Crippen LogP contribution in [0, 0.1) is 0 Å². The van der Waals surface area contributed by atoms with Crippen molar-refractivity contribution in [1.29, 1.82) is 0 Å². The van der Waals surface area contributed by atoms with Gasteiger partial charge in [-0.05, 0) is 19.1 Å². The zero-order valence-electron chi connectivity index (χ0n) is 12.1. The number of rotatable bonds is 6. The molecule has 22 heavy (non-hydrogen) atoms. The van der Waals surface area contributed by atoms with Gasteiger partial charge in [-0.15, -0.1) is 0 Å². The number of carbonyl (C=O) groups excluding carboxylic acids is 1. The molecule has 0 bridgehead atoms. The Kier molecular flexibility index (Phi) is 6.05. The molecule has 0 aromatic heterocycles. The van der Waals surface area contributed by atoms with Gasteiger partial charge in [0.25, 0.3) is 5.53 Å². The van der Waals surface area contributed by atoms with E-state index in [4.69, 9.17) is 9.47 Å². The van der Waals surface area contributed by atoms with Gasteiger partial charge in [0.2, 0.25) is 8.46 Å². The fourth-order valence-corrected chi connectivity index (χ4v) is 2.27. The Morgan fingerprint density at radius 3 is 2.18 bits per heavy atom. The normalized spacial score (nSPS) is 12.5. The summed E-state index contributed by atoms with van der Waals surface area (Å²) in [5, 5.41) is 0. The minimum Gasteiger partial charge on any atom is -0.462 e. The largest absolute Gasteiger partial charge is 0.462 e. The highest BCUT2D eigenvalue weighted by Crippen LogP contribution is 2.44. The molecule has 0 unspecified atom stereocenters. The molecule has 0 atom stereocenters. The van der Waals surface area contributed by atoms with Crippen LogP contribution in [-0.2, 0) is 30.5 Å². The SMILES string of the molecule is CCOC(=O)c1ccc(C(OC)(OC)P=O)c(C(F)(F)F)c1. The van der Waals surface area contributed by atoms with E-state index >= 15 is 0 Å². The second-order valence-corrected chi connectivity index (χ2v) is 4.83. The molecule has 0 aliphatic carbocycles. The van der Waals surface area contributed by atoms with Gasteiger partial charge in [0.05, 0.1) is 17.7 Å². The molecule has 0 N–H and O–H groups in total. The zero-order valence-corrected chi connectivity index (χ0v) is 13.0. The fourth-order valence-electron chi connectivity index (χ4n) is 1.82. The summed E-state index contributed by atoms with van der Waals surface area (Å²) in [6.07, 6.45) is -4.80. The number of esters is 1. The molecule has 0 heterocycles. The fraction of sp³-hybridized carbons (Fsp3) is 0.462. The third kappa shape index (κ3) is 3.63. The summed E-state index contributed by atoms with van der Waals surface area (Å²) in [5.74, 6) is -0.889. The summed E-state index contributed by atoms with van der Waals surface area (Å²) in [7, 11) is 1.31. The maximum Gasteiger partial charge on any atom is 0.416 e. The van der Waals surface area contributed by atoms with E-state index in [1.807, 2.05) is 0 Å². The summed E-state index contributed by atoms with van der Waals surface area (Å²) in [6, 6.07) is 2.72. The first-order valence-electron chi connectivity index (χ1n) is 6.09. The zero-order chi connectivity index (χ0) is 17.0. The third-order valence-corrected chi connectivity index (χ3v) is 3.70. The number of carbonyl (C=O) groups is 1. The summed E-state index contributed by atoms with van der Waals surface area (Å²) < 4.78 is 65.4. The molecule has 0 aliphatic heterocycles. The first-order chi connectivity index (χ1) is 10.3. The number of benzene rings is 1. The number of hydrogen-bond acceptors (Lipinski definition) is 5. The van der Waals surface area contributed by atoms with E-state index < -0.39 is 37.3 Å². The van der Waals surface area contributed by atoms with Gasteiger partial charge >= 0.3 is 12.1 Å². The van der Waals surface area contributed by atoms with E-state index in [0.29, 0.717) is 6.07 Å². The molecule has 9 heteroatoms. The molecule has 0 spiro atoms. The van der Waals surface area contributed by atoms with Gasteiger partial charge in [0.1, 0.15) is 0 Å². The van der Waals surface area contributed by atoms with Gasteiger partial charge in [0, 0.05) is 19.8 Å². The van der Waals surface area contributed by atoms with Gasteiger partial charge < -0.3 is 14.2 Å². The smallest absolute Gasteiger partial charge is 0.416 e. The van der Waals surface area contributed by atoms with Crippen LogP contribution in [0.15, 0.2) is 18.2 Å². The highest BCUT2D eigenvalue weighted by Gasteiger charge is 2.44. The van der Waals surface area contributed by atoms with Crippen molar-refractivity contribution >= 4 is 14.4 Å². The number of ether oxygens (including phenoxy) is 3. The molecular formula is C13H14F3O5P. The van der Waals surface area contributed by atoms with Crippen molar-refractivity contribution in [2.45, 2.75) is 18.6 Å². The van der Waals surface area contributed by atoms with E-state index in [2.05, 4.69) is 4.74 Å². The Balaban J connectivity index is 3.53. The third-order valence-electron chi connectivity index (χ3n) is 2.85. The van der Waals surface area contributed by atoms with Crippen LogP contribution in [0.2, 0.25) is 0 Å². The summed E-state index contributed by atoms with van der Waals surface area (Å²) in [4.78, 5) is 11.6. The monoisotopic (exact) mass is 338 g/mol.